The Labute approximate surface area is 115 Å². The van der Waals surface area contributed by atoms with Gasteiger partial charge in [-0.05, 0) is 24.1 Å². The number of nitrogens with one attached hydrogen (secondary N) is 1. The predicted molar refractivity (Wildman–Crippen MR) is 71.0 cm³/mol. The molecule has 1 aromatic heterocycles. The van der Waals surface area contributed by atoms with Gasteiger partial charge in [0.15, 0.2) is 0 Å². The highest BCUT2D eigenvalue weighted by Gasteiger charge is 2.08. The van der Waals surface area contributed by atoms with Gasteiger partial charge in [0, 0.05) is 10.9 Å². The van der Waals surface area contributed by atoms with Gasteiger partial charge in [0.05, 0.1) is 0 Å². The van der Waals surface area contributed by atoms with E-state index < -0.39 is 0 Å². The second-order valence-electron chi connectivity index (χ2n) is 3.53. The Kier molecular flexibility index (Phi) is 4.38. The van der Waals surface area contributed by atoms with Crippen LogP contribution in [0.25, 0.3) is 0 Å². The second kappa shape index (κ2) is 6.01. The van der Waals surface area contributed by atoms with Gasteiger partial charge in [0.25, 0.3) is 0 Å². The highest BCUT2D eigenvalue weighted by Crippen LogP contribution is 2.17. The number of anilines is 1. The molecular weight excluding hydrogens is 321 g/mol. The molecule has 0 aliphatic heterocycles. The molecule has 2 aromatic rings. The van der Waals surface area contributed by atoms with Crippen molar-refractivity contribution in [3.05, 3.63) is 39.6 Å². The highest BCUT2D eigenvalue weighted by atomic mass is 79.9. The Hall–Kier alpha value is -1.34. The molecule has 94 valence electrons. The largest absolute Gasteiger partial charge is 0.301 e. The summed E-state index contributed by atoms with van der Waals surface area (Å²) in [4.78, 5) is 11.6. The summed E-state index contributed by atoms with van der Waals surface area (Å²) < 4.78 is 14.2. The molecule has 0 bridgehead atoms. The summed E-state index contributed by atoms with van der Waals surface area (Å²) in [7, 11) is 0. The molecule has 1 amide bonds. The minimum atomic E-state index is -0.312. The van der Waals surface area contributed by atoms with Crippen molar-refractivity contribution in [2.45, 2.75) is 12.8 Å². The lowest BCUT2D eigenvalue weighted by molar-refractivity contribution is -0.116. The van der Waals surface area contributed by atoms with E-state index in [1.165, 1.54) is 22.9 Å². The molecule has 0 unspecified atom stereocenters. The monoisotopic (exact) mass is 329 g/mol. The molecule has 7 heteroatoms. The number of halogens is 2. The van der Waals surface area contributed by atoms with Gasteiger partial charge in [-0.15, -0.1) is 10.2 Å². The Morgan fingerprint density at radius 3 is 3.00 bits per heavy atom. The summed E-state index contributed by atoms with van der Waals surface area (Å²) in [6, 6.07) is 4.80. The summed E-state index contributed by atoms with van der Waals surface area (Å²) in [5.74, 6) is -0.512. The maximum atomic E-state index is 13.5. The lowest BCUT2D eigenvalue weighted by Gasteiger charge is -2.03. The fourth-order valence-electron chi connectivity index (χ4n) is 1.38. The summed E-state index contributed by atoms with van der Waals surface area (Å²) in [5, 5.41) is 10.4. The van der Waals surface area contributed by atoms with E-state index in [1.54, 1.807) is 12.1 Å². The van der Waals surface area contributed by atoms with Crippen molar-refractivity contribution in [3.63, 3.8) is 0 Å². The van der Waals surface area contributed by atoms with Crippen molar-refractivity contribution in [3.8, 4) is 0 Å². The van der Waals surface area contributed by atoms with Crippen LogP contribution < -0.4 is 5.32 Å². The van der Waals surface area contributed by atoms with E-state index in [-0.39, 0.29) is 18.1 Å². The zero-order valence-electron chi connectivity index (χ0n) is 9.19. The van der Waals surface area contributed by atoms with Gasteiger partial charge in [-0.2, -0.15) is 0 Å². The molecule has 0 aliphatic rings. The number of hydrogen-bond acceptors (Lipinski definition) is 4. The van der Waals surface area contributed by atoms with Crippen LogP contribution in [0.3, 0.4) is 0 Å². The molecular formula is C11H9BrFN3OS. The first-order valence-electron chi connectivity index (χ1n) is 5.15. The zero-order chi connectivity index (χ0) is 13.0. The van der Waals surface area contributed by atoms with Crippen molar-refractivity contribution >= 4 is 38.3 Å². The molecule has 0 fully saturated rings. The number of amides is 1. The van der Waals surface area contributed by atoms with Gasteiger partial charge in [-0.3, -0.25) is 4.79 Å². The fourth-order valence-corrected chi connectivity index (χ4v) is 2.18. The van der Waals surface area contributed by atoms with Crippen LogP contribution >= 0.6 is 27.3 Å². The summed E-state index contributed by atoms with van der Waals surface area (Å²) in [5.41, 5.74) is 2.05. The van der Waals surface area contributed by atoms with Crippen LogP contribution in [0, 0.1) is 5.82 Å². The van der Waals surface area contributed by atoms with E-state index in [0.717, 1.165) is 0 Å². The third-order valence-electron chi connectivity index (χ3n) is 2.24. The average molecular weight is 330 g/mol. The third-order valence-corrected chi connectivity index (χ3v) is 3.34. The van der Waals surface area contributed by atoms with E-state index in [2.05, 4.69) is 31.4 Å². The first kappa shape index (κ1) is 13.1. The Bertz CT molecular complexity index is 547. The van der Waals surface area contributed by atoms with Crippen LogP contribution in [0.2, 0.25) is 0 Å². The van der Waals surface area contributed by atoms with Crippen molar-refractivity contribution < 1.29 is 9.18 Å². The number of hydrogen-bond donors (Lipinski definition) is 1. The number of carbonyl (C=O) groups is 1. The Morgan fingerprint density at radius 1 is 1.50 bits per heavy atom. The van der Waals surface area contributed by atoms with Gasteiger partial charge in [-0.1, -0.05) is 33.3 Å². The van der Waals surface area contributed by atoms with Crippen LogP contribution in [-0.2, 0) is 11.2 Å². The van der Waals surface area contributed by atoms with Crippen LogP contribution in [0.1, 0.15) is 12.0 Å². The summed E-state index contributed by atoms with van der Waals surface area (Å²) >= 11 is 4.43. The maximum Gasteiger partial charge on any atom is 0.226 e. The van der Waals surface area contributed by atoms with Gasteiger partial charge >= 0.3 is 0 Å². The van der Waals surface area contributed by atoms with E-state index in [1.807, 2.05) is 0 Å². The van der Waals surface area contributed by atoms with E-state index in [9.17, 15) is 9.18 Å². The van der Waals surface area contributed by atoms with Crippen LogP contribution in [-0.4, -0.2) is 16.1 Å². The average Bonchev–Trinajstić information content (AvgIpc) is 2.80. The first-order valence-corrected chi connectivity index (χ1v) is 6.82. The maximum absolute atomic E-state index is 13.5. The third kappa shape index (κ3) is 3.58. The van der Waals surface area contributed by atoms with Crippen LogP contribution in [0.15, 0.2) is 28.2 Å². The molecule has 0 atom stereocenters. The molecule has 0 saturated heterocycles. The lowest BCUT2D eigenvalue weighted by atomic mass is 10.1. The van der Waals surface area contributed by atoms with Crippen LogP contribution in [0.5, 0.6) is 0 Å². The highest BCUT2D eigenvalue weighted by molar-refractivity contribution is 9.10. The number of aryl methyl sites for hydroxylation is 1. The van der Waals surface area contributed by atoms with Gasteiger partial charge in [0.2, 0.25) is 11.0 Å². The molecule has 0 radical (unpaired) electrons. The molecule has 0 aliphatic carbocycles. The lowest BCUT2D eigenvalue weighted by Crippen LogP contribution is -2.12. The molecule has 0 saturated carbocycles. The second-order valence-corrected chi connectivity index (χ2v) is 5.28. The van der Waals surface area contributed by atoms with E-state index >= 15 is 0 Å². The van der Waals surface area contributed by atoms with Gasteiger partial charge < -0.3 is 5.32 Å². The minimum Gasteiger partial charge on any atom is -0.301 e. The Balaban J connectivity index is 1.89. The first-order chi connectivity index (χ1) is 8.65. The van der Waals surface area contributed by atoms with Crippen molar-refractivity contribution in [1.29, 1.82) is 0 Å². The quantitative estimate of drug-likeness (QED) is 0.938. The summed E-state index contributed by atoms with van der Waals surface area (Å²) in [6.45, 7) is 0. The fraction of sp³-hybridized carbons (Fsp3) is 0.182. The van der Waals surface area contributed by atoms with E-state index in [0.29, 0.717) is 21.6 Å². The number of carbonyl (C=O) groups excluding carboxylic acids is 1. The smallest absolute Gasteiger partial charge is 0.226 e. The molecule has 1 heterocycles. The summed E-state index contributed by atoms with van der Waals surface area (Å²) in [6.07, 6.45) is 0.557. The number of rotatable bonds is 4. The molecule has 18 heavy (non-hydrogen) atoms. The SMILES string of the molecule is O=C(CCc1ccc(Br)cc1F)Nc1nncs1. The standard InChI is InChI=1S/C11H9BrFN3OS/c12-8-3-1-7(9(13)5-8)2-4-10(17)15-11-16-14-6-18-11/h1,3,5-6H,2,4H2,(H,15,16,17). The molecule has 1 aromatic carbocycles. The van der Waals surface area contributed by atoms with Crippen LogP contribution in [0.4, 0.5) is 9.52 Å². The van der Waals surface area contributed by atoms with Crippen molar-refractivity contribution in [2.24, 2.45) is 0 Å². The van der Waals surface area contributed by atoms with Crippen molar-refractivity contribution in [1.82, 2.24) is 10.2 Å². The molecule has 2 rings (SSSR count). The van der Waals surface area contributed by atoms with Crippen molar-refractivity contribution in [2.75, 3.05) is 5.32 Å². The Morgan fingerprint density at radius 2 is 2.33 bits per heavy atom. The predicted octanol–water partition coefficient (Wildman–Crippen LogP) is 3.01. The van der Waals surface area contributed by atoms with Gasteiger partial charge in [0.1, 0.15) is 11.3 Å². The molecule has 4 nitrogen and oxygen atoms in total. The molecule has 1 N–H and O–H groups in total. The van der Waals surface area contributed by atoms with Gasteiger partial charge in [-0.25, -0.2) is 4.39 Å². The number of benzene rings is 1. The zero-order valence-corrected chi connectivity index (χ0v) is 11.6. The normalized spacial score (nSPS) is 10.3. The minimum absolute atomic E-state index is 0.200. The van der Waals surface area contributed by atoms with E-state index in [4.69, 9.17) is 0 Å². The topological polar surface area (TPSA) is 54.9 Å². The molecule has 0 spiro atoms. The number of nitrogens with zero attached hydrogens (tertiary/aromatic N) is 2. The number of aromatic nitrogens is 2.